The van der Waals surface area contributed by atoms with Crippen molar-refractivity contribution in [3.05, 3.63) is 65.6 Å². The van der Waals surface area contributed by atoms with Gasteiger partial charge < -0.3 is 0 Å². The van der Waals surface area contributed by atoms with Crippen molar-refractivity contribution in [3.8, 4) is 0 Å². The van der Waals surface area contributed by atoms with E-state index in [4.69, 9.17) is 0 Å². The summed E-state index contributed by atoms with van der Waals surface area (Å²) in [6.45, 7) is 7.83. The Balaban J connectivity index is 0.00000121. The Morgan fingerprint density at radius 3 is 2.29 bits per heavy atom. The second-order valence-electron chi connectivity index (χ2n) is 3.22. The van der Waals surface area contributed by atoms with Crippen LogP contribution in [-0.2, 0) is 0 Å². The maximum atomic E-state index is 9.50. The third-order valence-corrected chi connectivity index (χ3v) is 2.89. The molecule has 0 radical (unpaired) electrons. The minimum absolute atomic E-state index is 0.500. The molecule has 0 unspecified atom stereocenters. The fourth-order valence-electron chi connectivity index (χ4n) is 1.15. The van der Waals surface area contributed by atoms with Crippen LogP contribution in [0.4, 0.5) is 4.39 Å². The summed E-state index contributed by atoms with van der Waals surface area (Å²) in [7, 11) is 0.500. The monoisotopic (exact) mass is 250 g/mol. The first-order valence-corrected chi connectivity index (χ1v) is 6.15. The van der Waals surface area contributed by atoms with Crippen molar-refractivity contribution in [3.63, 3.8) is 0 Å². The molecule has 1 aromatic rings. The van der Waals surface area contributed by atoms with Crippen LogP contribution in [0.25, 0.3) is 0 Å². The van der Waals surface area contributed by atoms with Gasteiger partial charge in [-0.15, -0.1) is 0 Å². The van der Waals surface area contributed by atoms with Gasteiger partial charge in [0.05, 0.1) is 7.18 Å². The number of alkyl halides is 1. The van der Waals surface area contributed by atoms with Crippen LogP contribution >= 0.6 is 11.8 Å². The van der Waals surface area contributed by atoms with Crippen LogP contribution in [0.15, 0.2) is 64.9 Å². The summed E-state index contributed by atoms with van der Waals surface area (Å²) in [5.74, 6) is 0. The third-order valence-electron chi connectivity index (χ3n) is 1.87. The van der Waals surface area contributed by atoms with E-state index in [1.54, 1.807) is 11.8 Å². The highest BCUT2D eigenvalue weighted by Crippen LogP contribution is 2.27. The summed E-state index contributed by atoms with van der Waals surface area (Å²) in [6, 6.07) is 8.54. The highest BCUT2D eigenvalue weighted by molar-refractivity contribution is 8.03. The van der Waals surface area contributed by atoms with Gasteiger partial charge >= 0.3 is 0 Å². The van der Waals surface area contributed by atoms with Crippen LogP contribution in [0.5, 0.6) is 0 Å². The highest BCUT2D eigenvalue weighted by Gasteiger charge is 1.95. The third kappa shape index (κ3) is 6.80. The minimum atomic E-state index is 0.500. The van der Waals surface area contributed by atoms with Gasteiger partial charge in [0.15, 0.2) is 0 Å². The van der Waals surface area contributed by atoms with E-state index in [1.165, 1.54) is 15.4 Å². The molecule has 0 N–H and O–H groups in total. The molecule has 0 bridgehead atoms. The largest absolute Gasteiger partial charge is 0.255 e. The lowest BCUT2D eigenvalue weighted by atomic mass is 10.2. The number of thioether (sulfide) groups is 1. The SMILES string of the molecule is C=C/C=C(\C=C/C)Sc1ccc(C)cc1.CF. The van der Waals surface area contributed by atoms with Gasteiger partial charge in [0, 0.05) is 9.80 Å². The number of halogens is 1. The lowest BCUT2D eigenvalue weighted by Gasteiger charge is -2.02. The zero-order chi connectivity index (χ0) is 13.1. The van der Waals surface area contributed by atoms with Gasteiger partial charge in [-0.25, -0.2) is 0 Å². The molecule has 0 aliphatic heterocycles. The summed E-state index contributed by atoms with van der Waals surface area (Å²) >= 11 is 1.75. The van der Waals surface area contributed by atoms with Crippen LogP contribution in [0, 0.1) is 6.92 Å². The Morgan fingerprint density at radius 2 is 1.82 bits per heavy atom. The molecule has 1 rings (SSSR count). The van der Waals surface area contributed by atoms with E-state index in [-0.39, 0.29) is 0 Å². The molecule has 92 valence electrons. The van der Waals surface area contributed by atoms with Crippen molar-refractivity contribution in [2.45, 2.75) is 18.7 Å². The van der Waals surface area contributed by atoms with E-state index in [9.17, 15) is 4.39 Å². The van der Waals surface area contributed by atoms with Crippen molar-refractivity contribution < 1.29 is 4.39 Å². The number of benzene rings is 1. The molecule has 2 heteroatoms. The van der Waals surface area contributed by atoms with E-state index in [0.29, 0.717) is 7.18 Å². The lowest BCUT2D eigenvalue weighted by Crippen LogP contribution is -1.75. The van der Waals surface area contributed by atoms with Gasteiger partial charge in [0.1, 0.15) is 0 Å². The van der Waals surface area contributed by atoms with Gasteiger partial charge in [0.25, 0.3) is 0 Å². The minimum Gasteiger partial charge on any atom is -0.255 e. The predicted octanol–water partition coefficient (Wildman–Crippen LogP) is 5.32. The van der Waals surface area contributed by atoms with Crippen LogP contribution in [0.3, 0.4) is 0 Å². The number of hydrogen-bond donors (Lipinski definition) is 0. The second-order valence-corrected chi connectivity index (χ2v) is 4.37. The van der Waals surface area contributed by atoms with Crippen LogP contribution in [0.2, 0.25) is 0 Å². The smallest absolute Gasteiger partial charge is 0.0785 e. The molecule has 0 atom stereocenters. The first-order valence-electron chi connectivity index (χ1n) is 5.34. The molecule has 0 amide bonds. The number of rotatable bonds is 4. The molecule has 17 heavy (non-hydrogen) atoms. The van der Waals surface area contributed by atoms with Crippen LogP contribution < -0.4 is 0 Å². The Morgan fingerprint density at radius 1 is 1.24 bits per heavy atom. The predicted molar refractivity (Wildman–Crippen MR) is 77.2 cm³/mol. The average Bonchev–Trinajstić information content (AvgIpc) is 2.35. The average molecular weight is 250 g/mol. The van der Waals surface area contributed by atoms with E-state index >= 15 is 0 Å². The molecular formula is C15H19FS. The maximum absolute atomic E-state index is 9.50. The van der Waals surface area contributed by atoms with Crippen LogP contribution in [0.1, 0.15) is 12.5 Å². The van der Waals surface area contributed by atoms with Gasteiger partial charge in [-0.1, -0.05) is 54.3 Å². The zero-order valence-corrected chi connectivity index (χ0v) is 11.4. The normalized spacial score (nSPS) is 10.9. The Kier molecular flexibility index (Phi) is 9.17. The molecule has 0 nitrogen and oxygen atoms in total. The maximum Gasteiger partial charge on any atom is 0.0785 e. The lowest BCUT2D eigenvalue weighted by molar-refractivity contribution is 0.636. The molecule has 0 aromatic heterocycles. The summed E-state index contributed by atoms with van der Waals surface area (Å²) in [5, 5.41) is 0. The van der Waals surface area contributed by atoms with Crippen molar-refractivity contribution in [2.24, 2.45) is 0 Å². The molecule has 0 aliphatic rings. The molecule has 0 saturated carbocycles. The quantitative estimate of drug-likeness (QED) is 0.515. The first-order chi connectivity index (χ1) is 8.26. The van der Waals surface area contributed by atoms with Crippen molar-refractivity contribution in [1.29, 1.82) is 0 Å². The van der Waals surface area contributed by atoms with Gasteiger partial charge in [-0.2, -0.15) is 0 Å². The van der Waals surface area contributed by atoms with Gasteiger partial charge in [0.2, 0.25) is 0 Å². The van der Waals surface area contributed by atoms with E-state index in [1.807, 2.05) is 25.2 Å². The second kappa shape index (κ2) is 9.91. The van der Waals surface area contributed by atoms with Gasteiger partial charge in [-0.3, -0.25) is 4.39 Å². The fourth-order valence-corrected chi connectivity index (χ4v) is 2.06. The summed E-state index contributed by atoms with van der Waals surface area (Å²) in [4.78, 5) is 2.46. The molecule has 0 fully saturated rings. The molecular weight excluding hydrogens is 231 g/mol. The summed E-state index contributed by atoms with van der Waals surface area (Å²) < 4.78 is 9.50. The Bertz CT molecular complexity index is 374. The number of hydrogen-bond acceptors (Lipinski definition) is 1. The van der Waals surface area contributed by atoms with E-state index < -0.39 is 0 Å². The molecule has 0 saturated heterocycles. The molecule has 0 heterocycles. The van der Waals surface area contributed by atoms with E-state index in [0.717, 1.165) is 0 Å². The standard InChI is InChI=1S/C14H16S.CH3F/c1-4-6-13(7-5-2)15-14-10-8-12(3)9-11-14;1-2/h4-11H,1H2,2-3H3;1H3/b7-5-,13-6+;. The molecule has 1 aromatic carbocycles. The van der Waals surface area contributed by atoms with Crippen molar-refractivity contribution >= 4 is 11.8 Å². The molecule has 0 spiro atoms. The van der Waals surface area contributed by atoms with Crippen LogP contribution in [-0.4, -0.2) is 7.18 Å². The summed E-state index contributed by atoms with van der Waals surface area (Å²) in [6.07, 6.45) is 7.96. The topological polar surface area (TPSA) is 0 Å². The van der Waals surface area contributed by atoms with Gasteiger partial charge in [-0.05, 0) is 32.1 Å². The fraction of sp³-hybridized carbons (Fsp3) is 0.200. The molecule has 0 aliphatic carbocycles. The van der Waals surface area contributed by atoms with Crippen molar-refractivity contribution in [1.82, 2.24) is 0 Å². The highest BCUT2D eigenvalue weighted by atomic mass is 32.2. The van der Waals surface area contributed by atoms with E-state index in [2.05, 4.69) is 43.8 Å². The first kappa shape index (κ1) is 15.7. The van der Waals surface area contributed by atoms with Crippen molar-refractivity contribution in [2.75, 3.05) is 7.18 Å². The Labute approximate surface area is 108 Å². The summed E-state index contributed by atoms with van der Waals surface area (Å²) in [5.41, 5.74) is 1.29. The Hall–Kier alpha value is -1.28. The number of allylic oxidation sites excluding steroid dienone is 4. The zero-order valence-electron chi connectivity index (χ0n) is 10.6. The number of aryl methyl sites for hydroxylation is 1.